The summed E-state index contributed by atoms with van der Waals surface area (Å²) in [7, 11) is 0. The number of esters is 1. The molecule has 0 bridgehead atoms. The summed E-state index contributed by atoms with van der Waals surface area (Å²) in [5.41, 5.74) is 2.74. The van der Waals surface area contributed by atoms with Crippen LogP contribution in [-0.2, 0) is 16.0 Å². The SMILES string of the molecule is CCc1cc(C(COC(C)=O)Nc2ccc(C#N)cc2)ccc1[N+](=O)[O-]. The van der Waals surface area contributed by atoms with E-state index in [0.29, 0.717) is 17.5 Å². The first-order chi connectivity index (χ1) is 12.4. The van der Waals surface area contributed by atoms with Gasteiger partial charge in [0, 0.05) is 24.2 Å². The van der Waals surface area contributed by atoms with Gasteiger partial charge < -0.3 is 10.1 Å². The monoisotopic (exact) mass is 353 g/mol. The maximum Gasteiger partial charge on any atom is 0.302 e. The Bertz CT molecular complexity index is 841. The van der Waals surface area contributed by atoms with Gasteiger partial charge in [0.15, 0.2) is 0 Å². The van der Waals surface area contributed by atoms with Crippen molar-refractivity contribution in [2.24, 2.45) is 0 Å². The van der Waals surface area contributed by atoms with Crippen LogP contribution in [0.4, 0.5) is 11.4 Å². The molecule has 2 aromatic carbocycles. The van der Waals surface area contributed by atoms with Gasteiger partial charge in [-0.25, -0.2) is 0 Å². The maximum atomic E-state index is 11.2. The lowest BCUT2D eigenvalue weighted by atomic mass is 10.0. The summed E-state index contributed by atoms with van der Waals surface area (Å²) in [6.07, 6.45) is 0.515. The third-order valence-electron chi connectivity index (χ3n) is 3.89. The molecule has 2 aromatic rings. The Morgan fingerprint density at radius 3 is 2.54 bits per heavy atom. The largest absolute Gasteiger partial charge is 0.463 e. The van der Waals surface area contributed by atoms with E-state index in [0.717, 1.165) is 11.3 Å². The van der Waals surface area contributed by atoms with E-state index in [9.17, 15) is 14.9 Å². The number of hydrogen-bond donors (Lipinski definition) is 1. The van der Waals surface area contributed by atoms with E-state index < -0.39 is 10.9 Å². The molecule has 1 unspecified atom stereocenters. The Hall–Kier alpha value is -3.40. The highest BCUT2D eigenvalue weighted by Gasteiger charge is 2.18. The van der Waals surface area contributed by atoms with Gasteiger partial charge in [-0.1, -0.05) is 6.92 Å². The van der Waals surface area contributed by atoms with Crippen LogP contribution in [0.15, 0.2) is 42.5 Å². The minimum absolute atomic E-state index is 0.0702. The average molecular weight is 353 g/mol. The molecule has 0 aliphatic rings. The van der Waals surface area contributed by atoms with Crippen LogP contribution in [0, 0.1) is 21.4 Å². The summed E-state index contributed by atoms with van der Waals surface area (Å²) in [4.78, 5) is 21.9. The van der Waals surface area contributed by atoms with Gasteiger partial charge in [0.2, 0.25) is 0 Å². The number of hydrogen-bond acceptors (Lipinski definition) is 6. The molecule has 0 spiro atoms. The minimum atomic E-state index is -0.408. The molecule has 0 heterocycles. The average Bonchev–Trinajstić information content (AvgIpc) is 2.64. The van der Waals surface area contributed by atoms with E-state index in [2.05, 4.69) is 11.4 Å². The zero-order valence-corrected chi connectivity index (χ0v) is 14.6. The van der Waals surface area contributed by atoms with E-state index in [-0.39, 0.29) is 18.3 Å². The normalized spacial score (nSPS) is 11.3. The fourth-order valence-electron chi connectivity index (χ4n) is 2.55. The van der Waals surface area contributed by atoms with Crippen LogP contribution in [0.5, 0.6) is 0 Å². The molecule has 0 aliphatic heterocycles. The van der Waals surface area contributed by atoms with E-state index in [1.54, 1.807) is 36.4 Å². The molecule has 26 heavy (non-hydrogen) atoms. The van der Waals surface area contributed by atoms with Crippen LogP contribution >= 0.6 is 0 Å². The Morgan fingerprint density at radius 2 is 2.00 bits per heavy atom. The highest BCUT2D eigenvalue weighted by molar-refractivity contribution is 5.66. The molecule has 0 amide bonds. The number of nitrogens with one attached hydrogen (secondary N) is 1. The predicted molar refractivity (Wildman–Crippen MR) is 96.6 cm³/mol. The van der Waals surface area contributed by atoms with Gasteiger partial charge in [-0.3, -0.25) is 14.9 Å². The Morgan fingerprint density at radius 1 is 1.31 bits per heavy atom. The van der Waals surface area contributed by atoms with Gasteiger partial charge in [0.25, 0.3) is 5.69 Å². The molecule has 2 rings (SSSR count). The molecule has 0 radical (unpaired) electrons. The van der Waals surface area contributed by atoms with Gasteiger partial charge in [0.1, 0.15) is 6.61 Å². The molecular formula is C19H19N3O4. The number of aryl methyl sites for hydroxylation is 1. The third-order valence-corrected chi connectivity index (χ3v) is 3.89. The summed E-state index contributed by atoms with van der Waals surface area (Å²) >= 11 is 0. The summed E-state index contributed by atoms with van der Waals surface area (Å²) in [5, 5.41) is 23.2. The fourth-order valence-corrected chi connectivity index (χ4v) is 2.55. The molecule has 7 nitrogen and oxygen atoms in total. The van der Waals surface area contributed by atoms with Crippen molar-refractivity contribution in [3.63, 3.8) is 0 Å². The molecule has 1 atom stereocenters. The van der Waals surface area contributed by atoms with Crippen molar-refractivity contribution in [1.29, 1.82) is 5.26 Å². The standard InChI is InChI=1S/C19H19N3O4/c1-3-15-10-16(6-9-19(15)22(24)25)18(12-26-13(2)23)21-17-7-4-14(11-20)5-8-17/h4-10,18,21H,3,12H2,1-2H3. The molecule has 0 fully saturated rings. The van der Waals surface area contributed by atoms with Crippen molar-refractivity contribution >= 4 is 17.3 Å². The number of anilines is 1. The van der Waals surface area contributed by atoms with E-state index in [1.807, 2.05) is 6.92 Å². The second kappa shape index (κ2) is 8.62. The zero-order chi connectivity index (χ0) is 19.1. The van der Waals surface area contributed by atoms with Crippen LogP contribution in [0.3, 0.4) is 0 Å². The van der Waals surface area contributed by atoms with Crippen molar-refractivity contribution in [2.75, 3.05) is 11.9 Å². The van der Waals surface area contributed by atoms with Crippen LogP contribution in [0.1, 0.15) is 36.6 Å². The molecule has 0 saturated carbocycles. The van der Waals surface area contributed by atoms with Gasteiger partial charge in [-0.15, -0.1) is 0 Å². The first-order valence-electron chi connectivity index (χ1n) is 8.11. The number of nitriles is 1. The number of nitrogens with zero attached hydrogens (tertiary/aromatic N) is 2. The Kier molecular flexibility index (Phi) is 6.28. The highest BCUT2D eigenvalue weighted by Crippen LogP contribution is 2.26. The molecule has 1 N–H and O–H groups in total. The number of rotatable bonds is 7. The van der Waals surface area contributed by atoms with Crippen molar-refractivity contribution in [2.45, 2.75) is 26.3 Å². The molecule has 7 heteroatoms. The molecule has 0 aromatic heterocycles. The minimum Gasteiger partial charge on any atom is -0.463 e. The van der Waals surface area contributed by atoms with Crippen LogP contribution in [-0.4, -0.2) is 17.5 Å². The summed E-state index contributed by atoms with van der Waals surface area (Å²) in [6, 6.07) is 13.4. The first-order valence-corrected chi connectivity index (χ1v) is 8.11. The smallest absolute Gasteiger partial charge is 0.302 e. The van der Waals surface area contributed by atoms with Gasteiger partial charge >= 0.3 is 5.97 Å². The first kappa shape index (κ1) is 18.9. The van der Waals surface area contributed by atoms with Crippen LogP contribution in [0.25, 0.3) is 0 Å². The van der Waals surface area contributed by atoms with E-state index >= 15 is 0 Å². The summed E-state index contributed by atoms with van der Waals surface area (Å²) in [5.74, 6) is -0.408. The second-order valence-corrected chi connectivity index (χ2v) is 5.69. The number of nitro groups is 1. The lowest BCUT2D eigenvalue weighted by Crippen LogP contribution is -2.19. The molecule has 0 saturated heterocycles. The van der Waals surface area contributed by atoms with Gasteiger partial charge in [-0.05, 0) is 48.4 Å². The van der Waals surface area contributed by atoms with Crippen molar-refractivity contribution in [3.8, 4) is 6.07 Å². The number of carbonyl (C=O) groups excluding carboxylic acids is 1. The summed E-state index contributed by atoms with van der Waals surface area (Å²) < 4.78 is 5.14. The molecule has 0 aliphatic carbocycles. The maximum absolute atomic E-state index is 11.2. The quantitative estimate of drug-likeness (QED) is 0.462. The number of ether oxygens (including phenoxy) is 1. The summed E-state index contributed by atoms with van der Waals surface area (Å²) in [6.45, 7) is 3.25. The third kappa shape index (κ3) is 4.80. The fraction of sp³-hybridized carbons (Fsp3) is 0.263. The Labute approximate surface area is 151 Å². The van der Waals surface area contributed by atoms with E-state index in [1.165, 1.54) is 13.0 Å². The van der Waals surface area contributed by atoms with Crippen LogP contribution in [0.2, 0.25) is 0 Å². The topological polar surface area (TPSA) is 105 Å². The number of carbonyl (C=O) groups is 1. The van der Waals surface area contributed by atoms with Crippen LogP contribution < -0.4 is 5.32 Å². The Balaban J connectivity index is 2.32. The lowest BCUT2D eigenvalue weighted by Gasteiger charge is -2.21. The van der Waals surface area contributed by atoms with Gasteiger partial charge in [-0.2, -0.15) is 5.26 Å². The van der Waals surface area contributed by atoms with Gasteiger partial charge in [0.05, 0.1) is 22.6 Å². The zero-order valence-electron chi connectivity index (χ0n) is 14.6. The molecule has 134 valence electrons. The van der Waals surface area contributed by atoms with E-state index in [4.69, 9.17) is 10.00 Å². The highest BCUT2D eigenvalue weighted by atomic mass is 16.6. The second-order valence-electron chi connectivity index (χ2n) is 5.69. The number of benzene rings is 2. The van der Waals surface area contributed by atoms with Crippen molar-refractivity contribution in [1.82, 2.24) is 0 Å². The number of nitro benzene ring substituents is 1. The lowest BCUT2D eigenvalue weighted by molar-refractivity contribution is -0.385. The van der Waals surface area contributed by atoms with Crippen molar-refractivity contribution < 1.29 is 14.5 Å². The van der Waals surface area contributed by atoms with Crippen molar-refractivity contribution in [3.05, 3.63) is 69.3 Å². The molecular weight excluding hydrogens is 334 g/mol. The predicted octanol–water partition coefficient (Wildman–Crippen LogP) is 3.75.